The molecule has 106 valence electrons. The number of thioether (sulfide) groups is 1. The Bertz CT molecular complexity index is 257. The highest BCUT2D eigenvalue weighted by Gasteiger charge is 2.25. The van der Waals surface area contributed by atoms with Gasteiger partial charge in [0.2, 0.25) is 5.91 Å². The van der Waals surface area contributed by atoms with Gasteiger partial charge in [-0.15, -0.1) is 0 Å². The highest BCUT2D eigenvalue weighted by Crippen LogP contribution is 2.14. The van der Waals surface area contributed by atoms with E-state index in [2.05, 4.69) is 25.1 Å². The number of nitrogens with two attached hydrogens (primary N) is 1. The summed E-state index contributed by atoms with van der Waals surface area (Å²) in [6, 6.07) is 0.625. The van der Waals surface area contributed by atoms with Crippen LogP contribution in [0.25, 0.3) is 0 Å². The number of rotatable bonds is 7. The number of likely N-dealkylation sites (N-methyl/N-ethyl adjacent to an activating group) is 1. The fourth-order valence-corrected chi connectivity index (χ4v) is 3.13. The molecule has 0 spiro atoms. The van der Waals surface area contributed by atoms with Crippen LogP contribution in [0.4, 0.5) is 0 Å². The van der Waals surface area contributed by atoms with E-state index in [1.807, 2.05) is 16.7 Å². The Labute approximate surface area is 115 Å². The SMILES string of the molecule is CSCC(C)N(C)C(CN)CC(=O)N1CCCC1. The maximum absolute atomic E-state index is 12.1. The molecule has 4 nitrogen and oxygen atoms in total. The van der Waals surface area contributed by atoms with Gasteiger partial charge in [-0.2, -0.15) is 11.8 Å². The molecule has 1 aliphatic heterocycles. The van der Waals surface area contributed by atoms with Crippen molar-refractivity contribution in [3.05, 3.63) is 0 Å². The van der Waals surface area contributed by atoms with Crippen molar-refractivity contribution in [3.63, 3.8) is 0 Å². The summed E-state index contributed by atoms with van der Waals surface area (Å²) in [7, 11) is 2.08. The Morgan fingerprint density at radius 2 is 2.06 bits per heavy atom. The third-order valence-corrected chi connectivity index (χ3v) is 4.64. The molecule has 18 heavy (non-hydrogen) atoms. The van der Waals surface area contributed by atoms with E-state index in [4.69, 9.17) is 5.73 Å². The van der Waals surface area contributed by atoms with E-state index in [0.717, 1.165) is 31.7 Å². The van der Waals surface area contributed by atoms with E-state index < -0.39 is 0 Å². The highest BCUT2D eigenvalue weighted by atomic mass is 32.2. The molecule has 2 atom stereocenters. The second-order valence-electron chi connectivity index (χ2n) is 5.15. The van der Waals surface area contributed by atoms with Gasteiger partial charge in [0.05, 0.1) is 0 Å². The Morgan fingerprint density at radius 3 is 2.56 bits per heavy atom. The minimum Gasteiger partial charge on any atom is -0.343 e. The largest absolute Gasteiger partial charge is 0.343 e. The van der Waals surface area contributed by atoms with Crippen LogP contribution in [0.2, 0.25) is 0 Å². The Hall–Kier alpha value is -0.260. The van der Waals surface area contributed by atoms with Crippen LogP contribution in [0.15, 0.2) is 0 Å². The zero-order valence-electron chi connectivity index (χ0n) is 11.9. The van der Waals surface area contributed by atoms with Crippen molar-refractivity contribution < 1.29 is 4.79 Å². The quantitative estimate of drug-likeness (QED) is 0.752. The molecule has 1 saturated heterocycles. The normalized spacial score (nSPS) is 19.3. The molecule has 2 unspecified atom stereocenters. The predicted molar refractivity (Wildman–Crippen MR) is 78.9 cm³/mol. The first-order chi connectivity index (χ1) is 8.60. The van der Waals surface area contributed by atoms with Crippen LogP contribution in [-0.4, -0.2) is 66.5 Å². The van der Waals surface area contributed by atoms with Gasteiger partial charge in [0, 0.05) is 43.9 Å². The summed E-state index contributed by atoms with van der Waals surface area (Å²) in [5.41, 5.74) is 5.84. The van der Waals surface area contributed by atoms with Gasteiger partial charge >= 0.3 is 0 Å². The number of likely N-dealkylation sites (tertiary alicyclic amines) is 1. The summed E-state index contributed by atoms with van der Waals surface area (Å²) in [5.74, 6) is 1.34. The lowest BCUT2D eigenvalue weighted by atomic mass is 10.1. The summed E-state index contributed by atoms with van der Waals surface area (Å²) < 4.78 is 0. The van der Waals surface area contributed by atoms with E-state index in [1.54, 1.807) is 0 Å². The Morgan fingerprint density at radius 1 is 1.44 bits per heavy atom. The van der Waals surface area contributed by atoms with Crippen molar-refractivity contribution >= 4 is 17.7 Å². The van der Waals surface area contributed by atoms with Gasteiger partial charge in [-0.25, -0.2) is 0 Å². The highest BCUT2D eigenvalue weighted by molar-refractivity contribution is 7.98. The fraction of sp³-hybridized carbons (Fsp3) is 0.923. The van der Waals surface area contributed by atoms with Crippen LogP contribution in [0.1, 0.15) is 26.2 Å². The number of carbonyl (C=O) groups excluding carboxylic acids is 1. The van der Waals surface area contributed by atoms with E-state index in [0.29, 0.717) is 19.0 Å². The van der Waals surface area contributed by atoms with Crippen LogP contribution < -0.4 is 5.73 Å². The van der Waals surface area contributed by atoms with Crippen LogP contribution in [-0.2, 0) is 4.79 Å². The summed E-state index contributed by atoms with van der Waals surface area (Å²) in [6.07, 6.45) is 4.97. The van der Waals surface area contributed by atoms with Crippen molar-refractivity contribution in [2.45, 2.75) is 38.3 Å². The molecule has 0 saturated carbocycles. The fourth-order valence-electron chi connectivity index (χ4n) is 2.41. The lowest BCUT2D eigenvalue weighted by Gasteiger charge is -2.32. The van der Waals surface area contributed by atoms with Gasteiger partial charge in [0.15, 0.2) is 0 Å². The molecule has 0 radical (unpaired) electrons. The lowest BCUT2D eigenvalue weighted by molar-refractivity contribution is -0.131. The maximum atomic E-state index is 12.1. The molecule has 1 aliphatic rings. The van der Waals surface area contributed by atoms with Crippen LogP contribution >= 0.6 is 11.8 Å². The smallest absolute Gasteiger partial charge is 0.224 e. The third kappa shape index (κ3) is 4.44. The molecule has 1 amide bonds. The summed E-state index contributed by atoms with van der Waals surface area (Å²) in [4.78, 5) is 16.4. The predicted octanol–water partition coefficient (Wildman–Crippen LogP) is 1.01. The average Bonchev–Trinajstić information content (AvgIpc) is 2.89. The minimum atomic E-state index is 0.167. The molecule has 1 fully saturated rings. The molecule has 0 aromatic carbocycles. The zero-order chi connectivity index (χ0) is 13.5. The van der Waals surface area contributed by atoms with Gasteiger partial charge in [-0.1, -0.05) is 0 Å². The molecule has 0 aromatic rings. The molecule has 1 heterocycles. The topological polar surface area (TPSA) is 49.6 Å². The van der Waals surface area contributed by atoms with Crippen LogP contribution in [0, 0.1) is 0 Å². The van der Waals surface area contributed by atoms with Gasteiger partial charge < -0.3 is 10.6 Å². The van der Waals surface area contributed by atoms with Crippen molar-refractivity contribution in [3.8, 4) is 0 Å². The number of nitrogens with zero attached hydrogens (tertiary/aromatic N) is 2. The number of hydrogen-bond acceptors (Lipinski definition) is 4. The Balaban J connectivity index is 2.46. The van der Waals surface area contributed by atoms with E-state index in [1.165, 1.54) is 0 Å². The summed E-state index contributed by atoms with van der Waals surface area (Å²) >= 11 is 1.83. The molecule has 2 N–H and O–H groups in total. The number of carbonyl (C=O) groups is 1. The van der Waals surface area contributed by atoms with Crippen LogP contribution in [0.5, 0.6) is 0 Å². The lowest BCUT2D eigenvalue weighted by Crippen LogP contribution is -2.47. The molecule has 1 rings (SSSR count). The average molecular weight is 273 g/mol. The van der Waals surface area contributed by atoms with Crippen molar-refractivity contribution in [2.75, 3.05) is 38.7 Å². The monoisotopic (exact) mass is 273 g/mol. The summed E-state index contributed by atoms with van der Waals surface area (Å²) in [5, 5.41) is 0. The first kappa shape index (κ1) is 15.8. The minimum absolute atomic E-state index is 0.167. The summed E-state index contributed by atoms with van der Waals surface area (Å²) in [6.45, 7) is 4.61. The van der Waals surface area contributed by atoms with E-state index in [-0.39, 0.29) is 11.9 Å². The zero-order valence-corrected chi connectivity index (χ0v) is 12.7. The number of amides is 1. The van der Waals surface area contributed by atoms with Crippen LogP contribution in [0.3, 0.4) is 0 Å². The van der Waals surface area contributed by atoms with Crippen molar-refractivity contribution in [1.29, 1.82) is 0 Å². The molecule has 5 heteroatoms. The standard InChI is InChI=1S/C13H27N3OS/c1-11(10-18-3)15(2)12(9-14)8-13(17)16-6-4-5-7-16/h11-12H,4-10,14H2,1-3H3. The molecular weight excluding hydrogens is 246 g/mol. The van der Waals surface area contributed by atoms with Gasteiger partial charge in [-0.05, 0) is 33.1 Å². The van der Waals surface area contributed by atoms with Gasteiger partial charge in [-0.3, -0.25) is 9.69 Å². The van der Waals surface area contributed by atoms with Gasteiger partial charge in [0.25, 0.3) is 0 Å². The molecule has 0 aliphatic carbocycles. The second kappa shape index (κ2) is 8.02. The molecule has 0 aromatic heterocycles. The number of hydrogen-bond donors (Lipinski definition) is 1. The molecule has 0 bridgehead atoms. The molecular formula is C13H27N3OS. The first-order valence-corrected chi connectivity index (χ1v) is 8.18. The van der Waals surface area contributed by atoms with Crippen molar-refractivity contribution in [2.24, 2.45) is 5.73 Å². The van der Waals surface area contributed by atoms with Gasteiger partial charge in [0.1, 0.15) is 0 Å². The second-order valence-corrected chi connectivity index (χ2v) is 6.06. The first-order valence-electron chi connectivity index (χ1n) is 6.78. The van der Waals surface area contributed by atoms with E-state index >= 15 is 0 Å². The van der Waals surface area contributed by atoms with Crippen molar-refractivity contribution in [1.82, 2.24) is 9.80 Å². The maximum Gasteiger partial charge on any atom is 0.224 e. The third-order valence-electron chi connectivity index (χ3n) is 3.82. The van der Waals surface area contributed by atoms with E-state index in [9.17, 15) is 4.79 Å². The Kier molecular flexibility index (Phi) is 7.04.